The van der Waals surface area contributed by atoms with E-state index in [1.54, 1.807) is 0 Å². The topological polar surface area (TPSA) is 38.3 Å². The highest BCUT2D eigenvalue weighted by Crippen LogP contribution is 2.35. The van der Waals surface area contributed by atoms with Crippen molar-refractivity contribution in [3.05, 3.63) is 35.4 Å². The van der Waals surface area contributed by atoms with Gasteiger partial charge in [-0.25, -0.2) is 4.79 Å². The van der Waals surface area contributed by atoms with Crippen LogP contribution in [0.25, 0.3) is 0 Å². The van der Waals surface area contributed by atoms with Gasteiger partial charge in [-0.2, -0.15) is 0 Å². The lowest BCUT2D eigenvalue weighted by atomic mass is 9.77. The molecule has 0 saturated carbocycles. The number of carbonyl (C=O) groups excluding carboxylic acids is 1. The maximum absolute atomic E-state index is 12.6. The van der Waals surface area contributed by atoms with Gasteiger partial charge in [0.25, 0.3) is 0 Å². The zero-order valence-electron chi connectivity index (χ0n) is 13.1. The van der Waals surface area contributed by atoms with Crippen molar-refractivity contribution in [3.63, 3.8) is 0 Å². The predicted octanol–water partition coefficient (Wildman–Crippen LogP) is 3.03. The Balaban J connectivity index is 2.36. The minimum absolute atomic E-state index is 0.125. The highest BCUT2D eigenvalue weighted by atomic mass is 16.5. The molecule has 2 rings (SSSR count). The fraction of sp³-hybridized carbons (Fsp3) is 0.588. The zero-order valence-corrected chi connectivity index (χ0v) is 13.1. The Kier molecular flexibility index (Phi) is 3.92. The number of hydrogen-bond donors (Lipinski definition) is 1. The Bertz CT molecular complexity index is 507. The maximum atomic E-state index is 12.6. The first kappa shape index (κ1) is 15.0. The second-order valence-corrected chi connectivity index (χ2v) is 6.96. The SMILES string of the molecule is CC(C)COC(=O)[C@@]1(C)NC(C)(C)Cc2ccccc21. The van der Waals surface area contributed by atoms with Crippen molar-refractivity contribution < 1.29 is 9.53 Å². The van der Waals surface area contributed by atoms with Gasteiger partial charge in [0.15, 0.2) is 0 Å². The summed E-state index contributed by atoms with van der Waals surface area (Å²) in [6, 6.07) is 8.13. The molecule has 0 radical (unpaired) electrons. The summed E-state index contributed by atoms with van der Waals surface area (Å²) in [5, 5.41) is 3.47. The predicted molar refractivity (Wildman–Crippen MR) is 80.5 cm³/mol. The standard InChI is InChI=1S/C17H25NO2/c1-12(2)11-20-15(19)17(5)14-9-7-6-8-13(14)10-16(3,4)18-17/h6-9,12,18H,10-11H2,1-5H3/t17-/m0/s1. The fourth-order valence-corrected chi connectivity index (χ4v) is 2.97. The lowest BCUT2D eigenvalue weighted by Crippen LogP contribution is -2.60. The van der Waals surface area contributed by atoms with Gasteiger partial charge < -0.3 is 4.74 Å². The van der Waals surface area contributed by atoms with E-state index < -0.39 is 5.54 Å². The van der Waals surface area contributed by atoms with Gasteiger partial charge >= 0.3 is 5.97 Å². The smallest absolute Gasteiger partial charge is 0.330 e. The normalized spacial score (nSPS) is 24.3. The third-order valence-electron chi connectivity index (χ3n) is 3.73. The summed E-state index contributed by atoms with van der Waals surface area (Å²) < 4.78 is 5.49. The van der Waals surface area contributed by atoms with E-state index in [0.29, 0.717) is 12.5 Å². The van der Waals surface area contributed by atoms with Gasteiger partial charge in [-0.15, -0.1) is 0 Å². The van der Waals surface area contributed by atoms with Crippen LogP contribution in [0.1, 0.15) is 45.7 Å². The number of hydrogen-bond acceptors (Lipinski definition) is 3. The molecule has 0 aliphatic carbocycles. The lowest BCUT2D eigenvalue weighted by molar-refractivity contribution is -0.154. The summed E-state index contributed by atoms with van der Waals surface area (Å²) in [6.07, 6.45) is 0.913. The monoisotopic (exact) mass is 275 g/mol. The van der Waals surface area contributed by atoms with Crippen LogP contribution in [0.3, 0.4) is 0 Å². The van der Waals surface area contributed by atoms with E-state index in [1.807, 2.05) is 39.0 Å². The van der Waals surface area contributed by atoms with E-state index in [2.05, 4.69) is 25.2 Å². The quantitative estimate of drug-likeness (QED) is 0.862. The number of carbonyl (C=O) groups is 1. The number of nitrogens with one attached hydrogen (secondary N) is 1. The van der Waals surface area contributed by atoms with Gasteiger partial charge in [-0.3, -0.25) is 5.32 Å². The molecule has 0 unspecified atom stereocenters. The second kappa shape index (κ2) is 5.21. The van der Waals surface area contributed by atoms with E-state index >= 15 is 0 Å². The van der Waals surface area contributed by atoms with Crippen molar-refractivity contribution in [3.8, 4) is 0 Å². The van der Waals surface area contributed by atoms with Crippen LogP contribution in [0, 0.1) is 5.92 Å². The van der Waals surface area contributed by atoms with Gasteiger partial charge in [0.1, 0.15) is 5.54 Å². The van der Waals surface area contributed by atoms with Crippen LogP contribution in [0.5, 0.6) is 0 Å². The van der Waals surface area contributed by atoms with E-state index in [4.69, 9.17) is 4.74 Å². The summed E-state index contributed by atoms with van der Waals surface area (Å²) in [5.41, 5.74) is 1.36. The summed E-state index contributed by atoms with van der Waals surface area (Å²) in [7, 11) is 0. The molecule has 0 amide bonds. The van der Waals surface area contributed by atoms with Crippen LogP contribution in [-0.2, 0) is 21.5 Å². The molecule has 110 valence electrons. The summed E-state index contributed by atoms with van der Waals surface area (Å²) in [4.78, 5) is 12.6. The van der Waals surface area contributed by atoms with Crippen molar-refractivity contribution in [1.29, 1.82) is 0 Å². The molecule has 1 aliphatic heterocycles. The molecule has 0 spiro atoms. The van der Waals surface area contributed by atoms with Crippen molar-refractivity contribution in [2.75, 3.05) is 6.61 Å². The van der Waals surface area contributed by atoms with Crippen LogP contribution in [0.15, 0.2) is 24.3 Å². The molecule has 0 fully saturated rings. The van der Waals surface area contributed by atoms with Gasteiger partial charge in [-0.1, -0.05) is 38.1 Å². The lowest BCUT2D eigenvalue weighted by Gasteiger charge is -2.44. The third-order valence-corrected chi connectivity index (χ3v) is 3.73. The molecule has 20 heavy (non-hydrogen) atoms. The van der Waals surface area contributed by atoms with E-state index in [1.165, 1.54) is 5.56 Å². The molecule has 1 atom stereocenters. The number of ether oxygens (including phenoxy) is 1. The van der Waals surface area contributed by atoms with Gasteiger partial charge in [-0.05, 0) is 44.2 Å². The molecule has 0 saturated heterocycles. The average molecular weight is 275 g/mol. The fourth-order valence-electron chi connectivity index (χ4n) is 2.97. The van der Waals surface area contributed by atoms with Crippen LogP contribution in [0.4, 0.5) is 0 Å². The molecule has 3 heteroatoms. The molecular formula is C17H25NO2. The molecule has 1 heterocycles. The van der Waals surface area contributed by atoms with Crippen molar-refractivity contribution in [2.45, 2.75) is 52.1 Å². The molecule has 0 aromatic heterocycles. The number of esters is 1. The Morgan fingerprint density at radius 3 is 2.60 bits per heavy atom. The minimum atomic E-state index is -0.771. The van der Waals surface area contributed by atoms with E-state index in [-0.39, 0.29) is 11.5 Å². The maximum Gasteiger partial charge on any atom is 0.330 e. The zero-order chi connectivity index (χ0) is 15.0. The molecule has 1 N–H and O–H groups in total. The van der Waals surface area contributed by atoms with E-state index in [0.717, 1.165) is 12.0 Å². The van der Waals surface area contributed by atoms with Crippen LogP contribution in [0.2, 0.25) is 0 Å². The third kappa shape index (κ3) is 2.88. The van der Waals surface area contributed by atoms with Gasteiger partial charge in [0.05, 0.1) is 6.61 Å². The number of rotatable bonds is 3. The summed E-state index contributed by atoms with van der Waals surface area (Å²) >= 11 is 0. The molecular weight excluding hydrogens is 250 g/mol. The van der Waals surface area contributed by atoms with E-state index in [9.17, 15) is 4.79 Å². The van der Waals surface area contributed by atoms with Crippen molar-refractivity contribution in [2.24, 2.45) is 5.92 Å². The minimum Gasteiger partial charge on any atom is -0.464 e. The Hall–Kier alpha value is -1.35. The molecule has 3 nitrogen and oxygen atoms in total. The summed E-state index contributed by atoms with van der Waals surface area (Å²) in [6.45, 7) is 10.7. The molecule has 0 bridgehead atoms. The first-order valence-electron chi connectivity index (χ1n) is 7.29. The van der Waals surface area contributed by atoms with Gasteiger partial charge in [0.2, 0.25) is 0 Å². The largest absolute Gasteiger partial charge is 0.464 e. The Labute approximate surface area is 121 Å². The Morgan fingerprint density at radius 2 is 1.95 bits per heavy atom. The molecule has 1 aliphatic rings. The van der Waals surface area contributed by atoms with Crippen molar-refractivity contribution >= 4 is 5.97 Å². The van der Waals surface area contributed by atoms with Crippen LogP contribution < -0.4 is 5.32 Å². The highest BCUT2D eigenvalue weighted by molar-refractivity contribution is 5.83. The van der Waals surface area contributed by atoms with Crippen LogP contribution in [-0.4, -0.2) is 18.1 Å². The Morgan fingerprint density at radius 1 is 1.30 bits per heavy atom. The second-order valence-electron chi connectivity index (χ2n) is 6.96. The van der Waals surface area contributed by atoms with Gasteiger partial charge in [0, 0.05) is 5.54 Å². The summed E-state index contributed by atoms with van der Waals surface area (Å²) in [5.74, 6) is 0.154. The van der Waals surface area contributed by atoms with Crippen LogP contribution >= 0.6 is 0 Å². The first-order chi connectivity index (χ1) is 9.24. The average Bonchev–Trinajstić information content (AvgIpc) is 2.34. The molecule has 1 aromatic carbocycles. The van der Waals surface area contributed by atoms with Crippen molar-refractivity contribution in [1.82, 2.24) is 5.32 Å². The first-order valence-corrected chi connectivity index (χ1v) is 7.29. The number of benzene rings is 1. The number of fused-ring (bicyclic) bond motifs is 1. The molecule has 1 aromatic rings. The highest BCUT2D eigenvalue weighted by Gasteiger charge is 2.45.